The van der Waals surface area contributed by atoms with E-state index in [1.807, 2.05) is 20.8 Å². The summed E-state index contributed by atoms with van der Waals surface area (Å²) in [5.74, 6) is 0.394. The van der Waals surface area contributed by atoms with E-state index in [9.17, 15) is 14.0 Å². The number of aromatic nitrogens is 1. The number of ketones is 1. The zero-order chi connectivity index (χ0) is 21.6. The number of ether oxygens (including phenoxy) is 2. The van der Waals surface area contributed by atoms with Gasteiger partial charge >= 0.3 is 6.09 Å². The van der Waals surface area contributed by atoms with Crippen LogP contribution >= 0.6 is 0 Å². The monoisotopic (exact) mass is 412 g/mol. The number of hydrogen-bond acceptors (Lipinski definition) is 5. The number of benzene rings is 1. The molecule has 0 N–H and O–H groups in total. The van der Waals surface area contributed by atoms with Gasteiger partial charge in [0.15, 0.2) is 5.78 Å². The number of piperidine rings is 1. The van der Waals surface area contributed by atoms with Crippen LogP contribution in [0.25, 0.3) is 11.3 Å². The van der Waals surface area contributed by atoms with Crippen molar-refractivity contribution >= 4 is 11.9 Å². The van der Waals surface area contributed by atoms with Crippen LogP contribution in [0.3, 0.4) is 0 Å². The Balaban J connectivity index is 1.46. The molecule has 0 radical (unpaired) electrons. The van der Waals surface area contributed by atoms with Gasteiger partial charge in [-0.3, -0.25) is 4.79 Å². The highest BCUT2D eigenvalue weighted by molar-refractivity contribution is 5.95. The summed E-state index contributed by atoms with van der Waals surface area (Å²) < 4.78 is 24.8. The van der Waals surface area contributed by atoms with Crippen molar-refractivity contribution in [3.8, 4) is 17.1 Å². The Morgan fingerprint density at radius 2 is 1.73 bits per heavy atom. The number of carbonyl (C=O) groups is 2. The van der Waals surface area contributed by atoms with E-state index >= 15 is 0 Å². The van der Waals surface area contributed by atoms with Gasteiger partial charge in [-0.25, -0.2) is 14.2 Å². The van der Waals surface area contributed by atoms with Crippen molar-refractivity contribution in [1.82, 2.24) is 9.88 Å². The van der Waals surface area contributed by atoms with Crippen LogP contribution in [-0.2, 0) is 4.74 Å². The summed E-state index contributed by atoms with van der Waals surface area (Å²) >= 11 is 0. The van der Waals surface area contributed by atoms with E-state index in [1.165, 1.54) is 19.1 Å². The van der Waals surface area contributed by atoms with Crippen molar-refractivity contribution in [3.63, 3.8) is 0 Å². The molecule has 1 saturated heterocycles. The summed E-state index contributed by atoms with van der Waals surface area (Å²) in [5.41, 5.74) is 1.23. The van der Waals surface area contributed by atoms with Crippen molar-refractivity contribution in [1.29, 1.82) is 0 Å². The molecule has 2 atom stereocenters. The number of hydrogen-bond donors (Lipinski definition) is 0. The third kappa shape index (κ3) is 4.30. The van der Waals surface area contributed by atoms with Crippen LogP contribution < -0.4 is 4.74 Å². The second-order valence-electron chi connectivity index (χ2n) is 8.94. The van der Waals surface area contributed by atoms with E-state index in [1.54, 1.807) is 29.2 Å². The molecule has 2 aliphatic rings. The van der Waals surface area contributed by atoms with Crippen LogP contribution in [0.5, 0.6) is 5.88 Å². The van der Waals surface area contributed by atoms with Gasteiger partial charge in [-0.05, 0) is 58.0 Å². The van der Waals surface area contributed by atoms with Gasteiger partial charge in [0, 0.05) is 42.1 Å². The van der Waals surface area contributed by atoms with Gasteiger partial charge in [-0.15, -0.1) is 0 Å². The SMILES string of the molecule is CC(=O)c1cc(OC2C3CN(C(=O)OC(C)(C)C)CC32)nc(-c2ccc(F)cc2)c1. The Hall–Kier alpha value is -2.96. The molecule has 1 aliphatic carbocycles. The van der Waals surface area contributed by atoms with E-state index in [0.717, 1.165) is 0 Å². The topological polar surface area (TPSA) is 68.7 Å². The van der Waals surface area contributed by atoms with Crippen LogP contribution in [0.1, 0.15) is 38.1 Å². The number of likely N-dealkylation sites (tertiary alicyclic amines) is 1. The first-order chi connectivity index (χ1) is 14.1. The van der Waals surface area contributed by atoms with Crippen LogP contribution in [0.15, 0.2) is 36.4 Å². The number of nitrogens with zero attached hydrogens (tertiary/aromatic N) is 2. The maximum absolute atomic E-state index is 13.2. The van der Waals surface area contributed by atoms with Gasteiger partial charge in [0.25, 0.3) is 0 Å². The molecule has 1 amide bonds. The quantitative estimate of drug-likeness (QED) is 0.699. The minimum absolute atomic E-state index is 0.0422. The molecule has 1 aromatic carbocycles. The number of Topliss-reactive ketones (excluding diaryl/α,β-unsaturated/α-hetero) is 1. The maximum Gasteiger partial charge on any atom is 0.410 e. The van der Waals surface area contributed by atoms with Gasteiger partial charge in [0.1, 0.15) is 17.5 Å². The summed E-state index contributed by atoms with van der Waals surface area (Å²) in [6.45, 7) is 8.20. The Bertz CT molecular complexity index is 972. The lowest BCUT2D eigenvalue weighted by atomic mass is 10.1. The standard InChI is InChI=1S/C23H25FN2O4/c1-13(27)15-9-19(14-5-7-16(24)8-6-14)25-20(10-15)29-21-17-11-26(12-18(17)21)22(28)30-23(2,3)4/h5-10,17-18,21H,11-12H2,1-4H3. The largest absolute Gasteiger partial charge is 0.474 e. The summed E-state index contributed by atoms with van der Waals surface area (Å²) in [4.78, 5) is 30.4. The van der Waals surface area contributed by atoms with Gasteiger partial charge in [0.05, 0.1) is 5.69 Å². The molecule has 4 rings (SSSR count). The van der Waals surface area contributed by atoms with Gasteiger partial charge in [0.2, 0.25) is 5.88 Å². The predicted molar refractivity (Wildman–Crippen MR) is 109 cm³/mol. The summed E-state index contributed by atoms with van der Waals surface area (Å²) in [6.07, 6.45) is -0.344. The zero-order valence-corrected chi connectivity index (χ0v) is 17.5. The Kier molecular flexibility index (Phi) is 5.00. The van der Waals surface area contributed by atoms with Crippen LogP contribution in [0.4, 0.5) is 9.18 Å². The average Bonchev–Trinajstić information content (AvgIpc) is 3.09. The predicted octanol–water partition coefficient (Wildman–Crippen LogP) is 4.33. The number of fused-ring (bicyclic) bond motifs is 1. The van der Waals surface area contributed by atoms with Crippen molar-refractivity contribution in [3.05, 3.63) is 47.8 Å². The fourth-order valence-corrected chi connectivity index (χ4v) is 3.80. The van der Waals surface area contributed by atoms with E-state index in [0.29, 0.717) is 35.8 Å². The summed E-state index contributed by atoms with van der Waals surface area (Å²) in [6, 6.07) is 9.27. The van der Waals surface area contributed by atoms with Crippen molar-refractivity contribution < 1.29 is 23.5 Å². The molecule has 1 aromatic heterocycles. The Morgan fingerprint density at radius 3 is 2.30 bits per heavy atom. The number of halogens is 1. The van der Waals surface area contributed by atoms with E-state index in [-0.39, 0.29) is 35.6 Å². The first-order valence-corrected chi connectivity index (χ1v) is 10.0. The fraction of sp³-hybridized carbons (Fsp3) is 0.435. The molecule has 2 unspecified atom stereocenters. The van der Waals surface area contributed by atoms with Crippen LogP contribution in [0, 0.1) is 17.7 Å². The number of rotatable bonds is 4. The van der Waals surface area contributed by atoms with Crippen LogP contribution in [0.2, 0.25) is 0 Å². The zero-order valence-electron chi connectivity index (χ0n) is 17.5. The molecule has 30 heavy (non-hydrogen) atoms. The van der Waals surface area contributed by atoms with Gasteiger partial charge in [-0.2, -0.15) is 0 Å². The fourth-order valence-electron chi connectivity index (χ4n) is 3.80. The Morgan fingerprint density at radius 1 is 1.10 bits per heavy atom. The van der Waals surface area contributed by atoms with Crippen molar-refractivity contribution in [2.45, 2.75) is 39.4 Å². The molecule has 1 saturated carbocycles. The molecular weight excluding hydrogens is 387 g/mol. The highest BCUT2D eigenvalue weighted by Gasteiger charge is 2.59. The number of pyridine rings is 1. The lowest BCUT2D eigenvalue weighted by Gasteiger charge is -2.26. The minimum Gasteiger partial charge on any atom is -0.474 e. The van der Waals surface area contributed by atoms with E-state index in [4.69, 9.17) is 9.47 Å². The highest BCUT2D eigenvalue weighted by atomic mass is 19.1. The molecule has 1 aliphatic heterocycles. The minimum atomic E-state index is -0.520. The lowest BCUT2D eigenvalue weighted by Crippen LogP contribution is -2.38. The highest BCUT2D eigenvalue weighted by Crippen LogP contribution is 2.48. The molecule has 2 heterocycles. The first-order valence-electron chi connectivity index (χ1n) is 10.0. The van der Waals surface area contributed by atoms with Gasteiger partial charge in [-0.1, -0.05) is 0 Å². The second kappa shape index (κ2) is 7.38. The molecule has 0 bridgehead atoms. The van der Waals surface area contributed by atoms with E-state index < -0.39 is 5.60 Å². The van der Waals surface area contributed by atoms with Crippen molar-refractivity contribution in [2.24, 2.45) is 11.8 Å². The number of amides is 1. The molecule has 7 heteroatoms. The molecule has 0 spiro atoms. The van der Waals surface area contributed by atoms with Crippen molar-refractivity contribution in [2.75, 3.05) is 13.1 Å². The first kappa shape index (κ1) is 20.3. The third-order valence-corrected chi connectivity index (χ3v) is 5.37. The molecule has 2 fully saturated rings. The molecule has 158 valence electrons. The average molecular weight is 412 g/mol. The maximum atomic E-state index is 13.2. The summed E-state index contributed by atoms with van der Waals surface area (Å²) in [7, 11) is 0. The molecular formula is C23H25FN2O4. The van der Waals surface area contributed by atoms with Gasteiger partial charge < -0.3 is 14.4 Å². The molecule has 6 nitrogen and oxygen atoms in total. The normalized spacial score (nSPS) is 22.4. The smallest absolute Gasteiger partial charge is 0.410 e. The summed E-state index contributed by atoms with van der Waals surface area (Å²) in [5, 5.41) is 0. The number of carbonyl (C=O) groups excluding carboxylic acids is 2. The second-order valence-corrected chi connectivity index (χ2v) is 8.94. The van der Waals surface area contributed by atoms with Crippen LogP contribution in [-0.4, -0.2) is 46.6 Å². The third-order valence-electron chi connectivity index (χ3n) is 5.37. The molecule has 2 aromatic rings. The Labute approximate surface area is 175 Å². The van der Waals surface area contributed by atoms with E-state index in [2.05, 4.69) is 4.98 Å². The lowest BCUT2D eigenvalue weighted by molar-refractivity contribution is 0.0252.